The van der Waals surface area contributed by atoms with E-state index in [1.165, 1.54) is 22.2 Å². The first-order valence-corrected chi connectivity index (χ1v) is 10.3. The minimum Gasteiger partial charge on any atom is -0.493 e. The third-order valence-corrected chi connectivity index (χ3v) is 5.77. The van der Waals surface area contributed by atoms with Gasteiger partial charge in [0.15, 0.2) is 0 Å². The zero-order valence-corrected chi connectivity index (χ0v) is 17.9. The lowest BCUT2D eigenvalue weighted by Crippen LogP contribution is -2.22. The summed E-state index contributed by atoms with van der Waals surface area (Å²) in [5.41, 5.74) is 3.29. The molecular formula is C22H23NO3S2. The molecular weight excluding hydrogens is 390 g/mol. The lowest BCUT2D eigenvalue weighted by Gasteiger charge is -2.11. The van der Waals surface area contributed by atoms with E-state index in [9.17, 15) is 4.79 Å². The molecule has 1 aliphatic heterocycles. The van der Waals surface area contributed by atoms with Crippen LogP contribution >= 0.6 is 24.0 Å². The standard InChI is InChI=1S/C22H23NO3S2/c1-15-8-9-19(16(2)12-15)26-11-5-10-25-18-7-4-6-17(13-18)14-20-21(24)23(3)22(27)28-20/h4,6-9,12-14H,5,10-11H2,1-3H3/b20-14+. The maximum absolute atomic E-state index is 12.1. The van der Waals surface area contributed by atoms with E-state index in [1.807, 2.05) is 36.4 Å². The summed E-state index contributed by atoms with van der Waals surface area (Å²) >= 11 is 6.48. The van der Waals surface area contributed by atoms with E-state index in [2.05, 4.69) is 26.0 Å². The van der Waals surface area contributed by atoms with Gasteiger partial charge in [-0.05, 0) is 49.2 Å². The Morgan fingerprint density at radius 2 is 1.89 bits per heavy atom. The monoisotopic (exact) mass is 413 g/mol. The Kier molecular flexibility index (Phi) is 6.75. The van der Waals surface area contributed by atoms with Gasteiger partial charge in [0.05, 0.1) is 18.1 Å². The van der Waals surface area contributed by atoms with Crippen molar-refractivity contribution in [3.63, 3.8) is 0 Å². The quantitative estimate of drug-likeness (QED) is 0.364. The van der Waals surface area contributed by atoms with Crippen molar-refractivity contribution < 1.29 is 14.3 Å². The Labute approximate surface area is 175 Å². The number of benzene rings is 2. The van der Waals surface area contributed by atoms with Crippen LogP contribution in [0.1, 0.15) is 23.1 Å². The zero-order valence-electron chi connectivity index (χ0n) is 16.2. The maximum Gasteiger partial charge on any atom is 0.265 e. The molecule has 1 fully saturated rings. The van der Waals surface area contributed by atoms with E-state index < -0.39 is 0 Å². The molecule has 2 aromatic carbocycles. The number of aryl methyl sites for hydroxylation is 2. The van der Waals surface area contributed by atoms with Gasteiger partial charge in [-0.3, -0.25) is 9.69 Å². The van der Waals surface area contributed by atoms with Crippen molar-refractivity contribution in [1.29, 1.82) is 0 Å². The van der Waals surface area contributed by atoms with E-state index in [0.29, 0.717) is 22.4 Å². The number of hydrogen-bond donors (Lipinski definition) is 0. The number of amides is 1. The van der Waals surface area contributed by atoms with Gasteiger partial charge in [-0.25, -0.2) is 0 Å². The minimum absolute atomic E-state index is 0.0649. The molecule has 0 bridgehead atoms. The van der Waals surface area contributed by atoms with Crippen LogP contribution in [-0.4, -0.2) is 35.4 Å². The van der Waals surface area contributed by atoms with Crippen molar-refractivity contribution in [2.24, 2.45) is 0 Å². The van der Waals surface area contributed by atoms with Crippen LogP contribution in [0.5, 0.6) is 11.5 Å². The molecule has 1 saturated heterocycles. The van der Waals surface area contributed by atoms with Crippen LogP contribution in [0.25, 0.3) is 6.08 Å². The number of hydrogen-bond acceptors (Lipinski definition) is 5. The van der Waals surface area contributed by atoms with Crippen LogP contribution in [0.4, 0.5) is 0 Å². The third-order valence-electron chi connectivity index (χ3n) is 4.29. The summed E-state index contributed by atoms with van der Waals surface area (Å²) in [5, 5.41) is 0. The first-order valence-electron chi connectivity index (χ1n) is 9.08. The highest BCUT2D eigenvalue weighted by molar-refractivity contribution is 8.26. The van der Waals surface area contributed by atoms with Crippen molar-refractivity contribution in [3.8, 4) is 11.5 Å². The predicted molar refractivity (Wildman–Crippen MR) is 119 cm³/mol. The zero-order chi connectivity index (χ0) is 20.1. The van der Waals surface area contributed by atoms with E-state index in [-0.39, 0.29) is 5.91 Å². The molecule has 3 rings (SSSR count). The summed E-state index contributed by atoms with van der Waals surface area (Å²) in [6, 6.07) is 13.9. The predicted octanol–water partition coefficient (Wildman–Crippen LogP) is 4.98. The molecule has 0 radical (unpaired) electrons. The number of thioether (sulfide) groups is 1. The summed E-state index contributed by atoms with van der Waals surface area (Å²) < 4.78 is 12.2. The summed E-state index contributed by atoms with van der Waals surface area (Å²) in [6.07, 6.45) is 2.63. The Bertz CT molecular complexity index is 924. The van der Waals surface area contributed by atoms with Gasteiger partial charge in [-0.2, -0.15) is 0 Å². The fourth-order valence-electron chi connectivity index (χ4n) is 2.78. The molecule has 1 amide bonds. The smallest absolute Gasteiger partial charge is 0.265 e. The topological polar surface area (TPSA) is 38.8 Å². The molecule has 0 aromatic heterocycles. The molecule has 1 heterocycles. The Balaban J connectivity index is 1.50. The highest BCUT2D eigenvalue weighted by atomic mass is 32.2. The first kappa shape index (κ1) is 20.4. The molecule has 0 spiro atoms. The van der Waals surface area contributed by atoms with Crippen molar-refractivity contribution in [1.82, 2.24) is 4.90 Å². The molecule has 0 unspecified atom stereocenters. The first-order chi connectivity index (χ1) is 13.4. The maximum atomic E-state index is 12.1. The van der Waals surface area contributed by atoms with Gasteiger partial charge >= 0.3 is 0 Å². The Morgan fingerprint density at radius 1 is 1.11 bits per heavy atom. The lowest BCUT2D eigenvalue weighted by atomic mass is 10.1. The van der Waals surface area contributed by atoms with Crippen LogP contribution in [-0.2, 0) is 4.79 Å². The van der Waals surface area contributed by atoms with E-state index >= 15 is 0 Å². The van der Waals surface area contributed by atoms with Gasteiger partial charge < -0.3 is 9.47 Å². The SMILES string of the molecule is Cc1ccc(OCCCOc2cccc(/C=C3/SC(=S)N(C)C3=O)c2)c(C)c1. The highest BCUT2D eigenvalue weighted by Crippen LogP contribution is 2.31. The van der Waals surface area contributed by atoms with Gasteiger partial charge in [-0.1, -0.05) is 53.8 Å². The van der Waals surface area contributed by atoms with E-state index in [0.717, 1.165) is 29.0 Å². The second-order valence-electron chi connectivity index (χ2n) is 6.63. The minimum atomic E-state index is -0.0649. The molecule has 2 aromatic rings. The van der Waals surface area contributed by atoms with Gasteiger partial charge in [0.25, 0.3) is 5.91 Å². The average molecular weight is 414 g/mol. The van der Waals surface area contributed by atoms with Crippen LogP contribution < -0.4 is 9.47 Å². The van der Waals surface area contributed by atoms with Crippen LogP contribution in [0, 0.1) is 13.8 Å². The third kappa shape index (κ3) is 5.14. The summed E-state index contributed by atoms with van der Waals surface area (Å²) in [7, 11) is 1.69. The fourth-order valence-corrected chi connectivity index (χ4v) is 3.96. The van der Waals surface area contributed by atoms with Gasteiger partial charge in [-0.15, -0.1) is 0 Å². The molecule has 0 aliphatic carbocycles. The number of ether oxygens (including phenoxy) is 2. The number of rotatable bonds is 7. The number of nitrogens with zero attached hydrogens (tertiary/aromatic N) is 1. The number of carbonyl (C=O) groups is 1. The largest absolute Gasteiger partial charge is 0.493 e. The second-order valence-corrected chi connectivity index (χ2v) is 8.31. The molecule has 4 nitrogen and oxygen atoms in total. The van der Waals surface area contributed by atoms with Crippen molar-refractivity contribution in [2.45, 2.75) is 20.3 Å². The van der Waals surface area contributed by atoms with Crippen molar-refractivity contribution >= 4 is 40.3 Å². The van der Waals surface area contributed by atoms with Crippen molar-refractivity contribution in [2.75, 3.05) is 20.3 Å². The molecule has 0 atom stereocenters. The van der Waals surface area contributed by atoms with Crippen LogP contribution in [0.2, 0.25) is 0 Å². The number of carbonyl (C=O) groups excluding carboxylic acids is 1. The van der Waals surface area contributed by atoms with Crippen molar-refractivity contribution in [3.05, 3.63) is 64.1 Å². The van der Waals surface area contributed by atoms with Crippen LogP contribution in [0.15, 0.2) is 47.4 Å². The molecule has 6 heteroatoms. The molecule has 1 aliphatic rings. The Morgan fingerprint density at radius 3 is 2.61 bits per heavy atom. The fraction of sp³-hybridized carbons (Fsp3) is 0.273. The van der Waals surface area contributed by atoms with E-state index in [4.69, 9.17) is 21.7 Å². The van der Waals surface area contributed by atoms with Gasteiger partial charge in [0, 0.05) is 13.5 Å². The molecule has 146 valence electrons. The van der Waals surface area contributed by atoms with E-state index in [1.54, 1.807) is 7.05 Å². The number of thiocarbonyl (C=S) groups is 1. The highest BCUT2D eigenvalue weighted by Gasteiger charge is 2.28. The Hall–Kier alpha value is -2.31. The lowest BCUT2D eigenvalue weighted by molar-refractivity contribution is -0.121. The van der Waals surface area contributed by atoms with Gasteiger partial charge in [0.1, 0.15) is 15.8 Å². The van der Waals surface area contributed by atoms with Gasteiger partial charge in [0.2, 0.25) is 0 Å². The molecule has 0 N–H and O–H groups in total. The number of likely N-dealkylation sites (N-methyl/N-ethyl adjacent to an activating group) is 1. The summed E-state index contributed by atoms with van der Waals surface area (Å²) in [5.74, 6) is 1.62. The molecule has 28 heavy (non-hydrogen) atoms. The average Bonchev–Trinajstić information content (AvgIpc) is 2.90. The molecule has 0 saturated carbocycles. The summed E-state index contributed by atoms with van der Waals surface area (Å²) in [6.45, 7) is 5.28. The van der Waals surface area contributed by atoms with Crippen LogP contribution in [0.3, 0.4) is 0 Å². The summed E-state index contributed by atoms with van der Waals surface area (Å²) in [4.78, 5) is 14.2. The normalized spacial score (nSPS) is 15.4. The second kappa shape index (κ2) is 9.26.